The van der Waals surface area contributed by atoms with Crippen molar-refractivity contribution in [1.29, 1.82) is 0 Å². The van der Waals surface area contributed by atoms with Gasteiger partial charge < -0.3 is 11.1 Å². The number of carbonyl (C=O) groups excluding carboxylic acids is 1. The highest BCUT2D eigenvalue weighted by Crippen LogP contribution is 2.10. The van der Waals surface area contributed by atoms with Gasteiger partial charge in [-0.15, -0.1) is 0 Å². The van der Waals surface area contributed by atoms with Crippen LogP contribution in [0.1, 0.15) is 23.1 Å². The number of aryl methyl sites for hydroxylation is 2. The second-order valence-electron chi connectivity index (χ2n) is 4.07. The van der Waals surface area contributed by atoms with Crippen LogP contribution in [-0.2, 0) is 11.2 Å². The van der Waals surface area contributed by atoms with Crippen LogP contribution in [0.15, 0.2) is 18.2 Å². The zero-order valence-electron chi connectivity index (χ0n) is 10.0. The third-order valence-corrected chi connectivity index (χ3v) is 2.59. The minimum atomic E-state index is 0.0350. The van der Waals surface area contributed by atoms with E-state index < -0.39 is 0 Å². The van der Waals surface area contributed by atoms with E-state index in [2.05, 4.69) is 37.4 Å². The van der Waals surface area contributed by atoms with E-state index in [0.717, 1.165) is 6.42 Å². The molecular weight excluding hydrogens is 200 g/mol. The number of nitrogens with one attached hydrogen (secondary N) is 1. The fourth-order valence-electron chi connectivity index (χ4n) is 1.63. The summed E-state index contributed by atoms with van der Waals surface area (Å²) in [5.74, 6) is 0.0350. The molecule has 0 aliphatic carbocycles. The van der Waals surface area contributed by atoms with Crippen LogP contribution in [0.2, 0.25) is 0 Å². The second-order valence-corrected chi connectivity index (χ2v) is 4.07. The molecule has 16 heavy (non-hydrogen) atoms. The molecule has 1 aromatic rings. The summed E-state index contributed by atoms with van der Waals surface area (Å²) in [6.07, 6.45) is 1.29. The monoisotopic (exact) mass is 220 g/mol. The molecule has 0 radical (unpaired) electrons. The highest BCUT2D eigenvalue weighted by Gasteiger charge is 2.01. The summed E-state index contributed by atoms with van der Waals surface area (Å²) in [4.78, 5) is 11.2. The molecule has 0 aromatic heterocycles. The van der Waals surface area contributed by atoms with Crippen LogP contribution in [0.25, 0.3) is 0 Å². The van der Waals surface area contributed by atoms with E-state index in [0.29, 0.717) is 19.5 Å². The van der Waals surface area contributed by atoms with Crippen molar-refractivity contribution in [3.05, 3.63) is 34.9 Å². The summed E-state index contributed by atoms with van der Waals surface area (Å²) >= 11 is 0. The minimum Gasteiger partial charge on any atom is -0.356 e. The fourth-order valence-corrected chi connectivity index (χ4v) is 1.63. The molecule has 1 aromatic carbocycles. The molecule has 88 valence electrons. The molecule has 1 rings (SSSR count). The third-order valence-electron chi connectivity index (χ3n) is 2.59. The van der Waals surface area contributed by atoms with E-state index in [4.69, 9.17) is 5.73 Å². The minimum absolute atomic E-state index is 0.0350. The van der Waals surface area contributed by atoms with E-state index in [9.17, 15) is 4.79 Å². The largest absolute Gasteiger partial charge is 0.356 e. The molecule has 0 spiro atoms. The van der Waals surface area contributed by atoms with Gasteiger partial charge in [-0.05, 0) is 31.4 Å². The van der Waals surface area contributed by atoms with Crippen LogP contribution in [-0.4, -0.2) is 19.0 Å². The van der Waals surface area contributed by atoms with Crippen LogP contribution in [0.4, 0.5) is 0 Å². The molecule has 0 aliphatic heterocycles. The lowest BCUT2D eigenvalue weighted by molar-refractivity contribution is -0.120. The smallest absolute Gasteiger partial charge is 0.221 e. The van der Waals surface area contributed by atoms with Gasteiger partial charge in [0.15, 0.2) is 0 Å². The first-order valence-corrected chi connectivity index (χ1v) is 5.66. The first kappa shape index (κ1) is 12.7. The van der Waals surface area contributed by atoms with Crippen LogP contribution in [0, 0.1) is 13.8 Å². The lowest BCUT2D eigenvalue weighted by Crippen LogP contribution is -2.27. The number of carbonyl (C=O) groups is 1. The van der Waals surface area contributed by atoms with Gasteiger partial charge in [0.05, 0.1) is 0 Å². The Morgan fingerprint density at radius 2 is 2.12 bits per heavy atom. The van der Waals surface area contributed by atoms with Gasteiger partial charge in [0, 0.05) is 19.5 Å². The average molecular weight is 220 g/mol. The first-order valence-electron chi connectivity index (χ1n) is 5.66. The number of rotatable bonds is 5. The number of benzene rings is 1. The molecule has 0 saturated carbocycles. The summed E-state index contributed by atoms with van der Waals surface area (Å²) in [5.41, 5.74) is 9.13. The quantitative estimate of drug-likeness (QED) is 0.786. The summed E-state index contributed by atoms with van der Waals surface area (Å²) in [7, 11) is 0. The van der Waals surface area contributed by atoms with Gasteiger partial charge in [-0.1, -0.05) is 23.8 Å². The van der Waals surface area contributed by atoms with Crippen molar-refractivity contribution in [3.63, 3.8) is 0 Å². The second kappa shape index (κ2) is 6.28. The summed E-state index contributed by atoms with van der Waals surface area (Å²) in [5, 5.41) is 2.86. The molecule has 0 heterocycles. The Labute approximate surface area is 97.0 Å². The molecule has 3 N–H and O–H groups in total. The van der Waals surface area contributed by atoms with Crippen molar-refractivity contribution in [2.45, 2.75) is 26.7 Å². The number of hydrogen-bond donors (Lipinski definition) is 2. The van der Waals surface area contributed by atoms with Crippen LogP contribution >= 0.6 is 0 Å². The van der Waals surface area contributed by atoms with Gasteiger partial charge >= 0.3 is 0 Å². The molecule has 0 atom stereocenters. The summed E-state index contributed by atoms with van der Waals surface area (Å²) < 4.78 is 0. The molecule has 0 saturated heterocycles. The van der Waals surface area contributed by atoms with Crippen molar-refractivity contribution < 1.29 is 4.79 Å². The molecule has 0 unspecified atom stereocenters. The van der Waals surface area contributed by atoms with E-state index in [1.54, 1.807) is 0 Å². The van der Waals surface area contributed by atoms with Gasteiger partial charge in [0.2, 0.25) is 5.91 Å². The van der Waals surface area contributed by atoms with E-state index in [1.807, 2.05) is 0 Å². The van der Waals surface area contributed by atoms with E-state index in [-0.39, 0.29) is 5.91 Å². The lowest BCUT2D eigenvalue weighted by Gasteiger charge is -2.08. The van der Waals surface area contributed by atoms with Crippen molar-refractivity contribution >= 4 is 5.91 Å². The molecule has 0 aliphatic rings. The maximum absolute atomic E-state index is 11.2. The van der Waals surface area contributed by atoms with Gasteiger partial charge in [0.1, 0.15) is 0 Å². The highest BCUT2D eigenvalue weighted by molar-refractivity contribution is 5.76. The molecular formula is C13H20N2O. The molecule has 1 amide bonds. The van der Waals surface area contributed by atoms with Crippen LogP contribution in [0.5, 0.6) is 0 Å². The van der Waals surface area contributed by atoms with Crippen molar-refractivity contribution in [2.75, 3.05) is 13.1 Å². The van der Waals surface area contributed by atoms with Gasteiger partial charge in [0.25, 0.3) is 0 Å². The number of amides is 1. The average Bonchev–Trinajstić information content (AvgIpc) is 2.23. The van der Waals surface area contributed by atoms with Crippen molar-refractivity contribution in [2.24, 2.45) is 5.73 Å². The standard InChI is InChI=1S/C13H20N2O/c1-10-3-4-11(2)12(9-10)6-8-15-13(16)5-7-14/h3-4,9H,5-8,14H2,1-2H3,(H,15,16). The highest BCUT2D eigenvalue weighted by atomic mass is 16.1. The first-order chi connectivity index (χ1) is 7.63. The Balaban J connectivity index is 2.42. The Hall–Kier alpha value is -1.35. The normalized spacial score (nSPS) is 10.2. The van der Waals surface area contributed by atoms with Gasteiger partial charge in [-0.25, -0.2) is 0 Å². The lowest BCUT2D eigenvalue weighted by atomic mass is 10.0. The Bertz CT molecular complexity index is 361. The van der Waals surface area contributed by atoms with E-state index >= 15 is 0 Å². The predicted molar refractivity (Wildman–Crippen MR) is 66.3 cm³/mol. The van der Waals surface area contributed by atoms with Crippen LogP contribution < -0.4 is 11.1 Å². The van der Waals surface area contributed by atoms with E-state index in [1.165, 1.54) is 16.7 Å². The number of hydrogen-bond acceptors (Lipinski definition) is 2. The molecule has 0 fully saturated rings. The van der Waals surface area contributed by atoms with Crippen LogP contribution in [0.3, 0.4) is 0 Å². The maximum Gasteiger partial charge on any atom is 0.221 e. The molecule has 3 nitrogen and oxygen atoms in total. The third kappa shape index (κ3) is 4.03. The zero-order valence-corrected chi connectivity index (χ0v) is 10.0. The fraction of sp³-hybridized carbons (Fsp3) is 0.462. The predicted octanol–water partition coefficient (Wildman–Crippen LogP) is 1.31. The SMILES string of the molecule is Cc1ccc(C)c(CCNC(=O)CCN)c1. The Morgan fingerprint density at radius 1 is 1.38 bits per heavy atom. The van der Waals surface area contributed by atoms with Crippen molar-refractivity contribution in [1.82, 2.24) is 5.32 Å². The van der Waals surface area contributed by atoms with Gasteiger partial charge in [-0.3, -0.25) is 4.79 Å². The Morgan fingerprint density at radius 3 is 2.81 bits per heavy atom. The summed E-state index contributed by atoms with van der Waals surface area (Å²) in [6, 6.07) is 6.39. The zero-order chi connectivity index (χ0) is 12.0. The topological polar surface area (TPSA) is 55.1 Å². The molecule has 0 bridgehead atoms. The molecule has 3 heteroatoms. The van der Waals surface area contributed by atoms with Crippen molar-refractivity contribution in [3.8, 4) is 0 Å². The maximum atomic E-state index is 11.2. The van der Waals surface area contributed by atoms with Gasteiger partial charge in [-0.2, -0.15) is 0 Å². The number of nitrogens with two attached hydrogens (primary N) is 1. The summed E-state index contributed by atoms with van der Waals surface area (Å²) in [6.45, 7) is 5.27. The Kier molecular flexibility index (Phi) is 4.99.